The molecule has 0 saturated heterocycles. The number of carbonyl (C=O) groups is 2. The molecule has 0 saturated carbocycles. The predicted molar refractivity (Wildman–Crippen MR) is 56.6 cm³/mol. The number of benzene rings is 1. The second-order valence-corrected chi connectivity index (χ2v) is 3.13. The van der Waals surface area contributed by atoms with E-state index in [1.807, 2.05) is 0 Å². The van der Waals surface area contributed by atoms with Gasteiger partial charge in [-0.15, -0.1) is 0 Å². The van der Waals surface area contributed by atoms with Crippen molar-refractivity contribution < 1.29 is 9.59 Å². The monoisotopic (exact) mass is 208 g/mol. The van der Waals surface area contributed by atoms with E-state index in [0.717, 1.165) is 18.1 Å². The molecule has 1 rings (SSSR count). The highest BCUT2D eigenvalue weighted by molar-refractivity contribution is 6.30. The number of carbonyl (C=O) groups excluding carboxylic acids is 2. The zero-order valence-electron chi connectivity index (χ0n) is 7.44. The molecule has 0 radical (unpaired) electrons. The van der Waals surface area contributed by atoms with Gasteiger partial charge in [0.1, 0.15) is 6.29 Å². The molecule has 1 aromatic rings. The summed E-state index contributed by atoms with van der Waals surface area (Å²) in [4.78, 5) is 20.7. The van der Waals surface area contributed by atoms with Crippen molar-refractivity contribution in [2.45, 2.75) is 6.42 Å². The molecule has 0 N–H and O–H groups in total. The minimum Gasteiger partial charge on any atom is -0.303 e. The maximum Gasteiger partial charge on any atom is 0.150 e. The molecule has 0 bridgehead atoms. The molecule has 0 aliphatic carbocycles. The molecule has 0 heterocycles. The highest BCUT2D eigenvalue weighted by atomic mass is 35.5. The van der Waals surface area contributed by atoms with Crippen LogP contribution in [0.4, 0.5) is 0 Å². The summed E-state index contributed by atoms with van der Waals surface area (Å²) in [6.07, 6.45) is 5.29. The molecule has 0 amide bonds. The van der Waals surface area contributed by atoms with Crippen molar-refractivity contribution in [1.29, 1.82) is 0 Å². The van der Waals surface area contributed by atoms with Gasteiger partial charge in [-0.05, 0) is 23.8 Å². The lowest BCUT2D eigenvalue weighted by Gasteiger charge is -1.98. The van der Waals surface area contributed by atoms with Gasteiger partial charge >= 0.3 is 0 Å². The van der Waals surface area contributed by atoms with Gasteiger partial charge in [0.15, 0.2) is 6.29 Å². The summed E-state index contributed by atoms with van der Waals surface area (Å²) in [5, 5.41) is 0.571. The molecule has 1 aromatic carbocycles. The van der Waals surface area contributed by atoms with E-state index in [1.165, 1.54) is 0 Å². The van der Waals surface area contributed by atoms with Gasteiger partial charge in [0.2, 0.25) is 0 Å². The Morgan fingerprint density at radius 2 is 2.00 bits per heavy atom. The first-order valence-electron chi connectivity index (χ1n) is 4.13. The van der Waals surface area contributed by atoms with Crippen LogP contribution < -0.4 is 0 Å². The second-order valence-electron chi connectivity index (χ2n) is 2.70. The van der Waals surface area contributed by atoms with Crippen LogP contribution in [0.3, 0.4) is 0 Å². The SMILES string of the molecule is O=CCC=Cc1cc(Cl)ccc1C=O. The Kier molecular flexibility index (Phi) is 4.08. The van der Waals surface area contributed by atoms with Crippen molar-refractivity contribution in [2.24, 2.45) is 0 Å². The van der Waals surface area contributed by atoms with Gasteiger partial charge in [0.05, 0.1) is 0 Å². The Morgan fingerprint density at radius 3 is 2.64 bits per heavy atom. The van der Waals surface area contributed by atoms with E-state index in [-0.39, 0.29) is 0 Å². The zero-order valence-corrected chi connectivity index (χ0v) is 8.20. The van der Waals surface area contributed by atoms with Crippen LogP contribution in [0, 0.1) is 0 Å². The molecule has 0 fully saturated rings. The highest BCUT2D eigenvalue weighted by Crippen LogP contribution is 2.16. The molecule has 14 heavy (non-hydrogen) atoms. The Bertz CT molecular complexity index is 370. The summed E-state index contributed by atoms with van der Waals surface area (Å²) in [6.45, 7) is 0. The Hall–Kier alpha value is -1.41. The Labute approximate surface area is 87.2 Å². The summed E-state index contributed by atoms with van der Waals surface area (Å²) in [6, 6.07) is 4.99. The van der Waals surface area contributed by atoms with Crippen molar-refractivity contribution in [3.63, 3.8) is 0 Å². The topological polar surface area (TPSA) is 34.1 Å². The summed E-state index contributed by atoms with van der Waals surface area (Å²) in [7, 11) is 0. The highest BCUT2D eigenvalue weighted by Gasteiger charge is 1.98. The fourth-order valence-corrected chi connectivity index (χ4v) is 1.23. The molecule has 3 heteroatoms. The van der Waals surface area contributed by atoms with E-state index in [2.05, 4.69) is 0 Å². The first-order chi connectivity index (χ1) is 6.77. The van der Waals surface area contributed by atoms with Gasteiger partial charge in [0, 0.05) is 17.0 Å². The molecule has 0 aliphatic rings. The fourth-order valence-electron chi connectivity index (χ4n) is 1.05. The van der Waals surface area contributed by atoms with E-state index in [9.17, 15) is 9.59 Å². The van der Waals surface area contributed by atoms with E-state index in [4.69, 9.17) is 11.6 Å². The Morgan fingerprint density at radius 1 is 1.21 bits per heavy atom. The van der Waals surface area contributed by atoms with Crippen LogP contribution >= 0.6 is 11.6 Å². The van der Waals surface area contributed by atoms with Crippen LogP contribution in [0.15, 0.2) is 24.3 Å². The van der Waals surface area contributed by atoms with Crippen molar-refractivity contribution in [1.82, 2.24) is 0 Å². The standard InChI is InChI=1S/C11H9ClO2/c12-11-5-4-10(8-14)9(7-11)3-1-2-6-13/h1,3-8H,2H2. The molecular formula is C11H9ClO2. The lowest BCUT2D eigenvalue weighted by atomic mass is 10.1. The molecule has 0 spiro atoms. The van der Waals surface area contributed by atoms with E-state index in [0.29, 0.717) is 17.0 Å². The molecule has 2 nitrogen and oxygen atoms in total. The molecule has 0 atom stereocenters. The van der Waals surface area contributed by atoms with Crippen LogP contribution in [0.2, 0.25) is 5.02 Å². The van der Waals surface area contributed by atoms with Crippen LogP contribution in [0.5, 0.6) is 0 Å². The fraction of sp³-hybridized carbons (Fsp3) is 0.0909. The third-order valence-corrected chi connectivity index (χ3v) is 1.94. The molecule has 72 valence electrons. The maximum absolute atomic E-state index is 10.6. The van der Waals surface area contributed by atoms with Crippen molar-refractivity contribution >= 4 is 30.2 Å². The van der Waals surface area contributed by atoms with Crippen molar-refractivity contribution in [3.8, 4) is 0 Å². The maximum atomic E-state index is 10.6. The molecule has 0 aliphatic heterocycles. The van der Waals surface area contributed by atoms with E-state index >= 15 is 0 Å². The zero-order chi connectivity index (χ0) is 10.4. The van der Waals surface area contributed by atoms with Gasteiger partial charge in [-0.3, -0.25) is 4.79 Å². The summed E-state index contributed by atoms with van der Waals surface area (Å²) >= 11 is 5.77. The first kappa shape index (κ1) is 10.7. The smallest absolute Gasteiger partial charge is 0.150 e. The lowest BCUT2D eigenvalue weighted by molar-refractivity contribution is -0.107. The number of hydrogen-bond acceptors (Lipinski definition) is 2. The van der Waals surface area contributed by atoms with E-state index in [1.54, 1.807) is 30.4 Å². The number of rotatable bonds is 4. The van der Waals surface area contributed by atoms with Gasteiger partial charge in [-0.25, -0.2) is 0 Å². The van der Waals surface area contributed by atoms with Gasteiger partial charge < -0.3 is 4.79 Å². The second kappa shape index (κ2) is 5.35. The summed E-state index contributed by atoms with van der Waals surface area (Å²) in [5.74, 6) is 0. The summed E-state index contributed by atoms with van der Waals surface area (Å²) < 4.78 is 0. The van der Waals surface area contributed by atoms with Crippen LogP contribution in [-0.4, -0.2) is 12.6 Å². The predicted octanol–water partition coefficient (Wildman–Crippen LogP) is 2.75. The number of aldehydes is 2. The van der Waals surface area contributed by atoms with Crippen LogP contribution in [-0.2, 0) is 4.79 Å². The third-order valence-electron chi connectivity index (χ3n) is 1.71. The molecule has 0 unspecified atom stereocenters. The quantitative estimate of drug-likeness (QED) is 0.713. The third kappa shape index (κ3) is 2.82. The molecular weight excluding hydrogens is 200 g/mol. The van der Waals surface area contributed by atoms with Gasteiger partial charge in [0.25, 0.3) is 0 Å². The van der Waals surface area contributed by atoms with Gasteiger partial charge in [-0.2, -0.15) is 0 Å². The summed E-state index contributed by atoms with van der Waals surface area (Å²) in [5.41, 5.74) is 1.30. The number of hydrogen-bond donors (Lipinski definition) is 0. The number of halogens is 1. The Balaban J connectivity index is 2.98. The normalized spacial score (nSPS) is 10.4. The largest absolute Gasteiger partial charge is 0.303 e. The van der Waals surface area contributed by atoms with Crippen LogP contribution in [0.1, 0.15) is 22.3 Å². The molecule has 0 aromatic heterocycles. The minimum absolute atomic E-state index is 0.338. The van der Waals surface area contributed by atoms with Gasteiger partial charge in [-0.1, -0.05) is 23.8 Å². The first-order valence-corrected chi connectivity index (χ1v) is 4.50. The minimum atomic E-state index is 0.338. The lowest BCUT2D eigenvalue weighted by Crippen LogP contribution is -1.85. The van der Waals surface area contributed by atoms with Crippen LogP contribution in [0.25, 0.3) is 6.08 Å². The average Bonchev–Trinajstić information content (AvgIpc) is 2.19. The van der Waals surface area contributed by atoms with Crippen molar-refractivity contribution in [2.75, 3.05) is 0 Å². The average molecular weight is 209 g/mol. The number of allylic oxidation sites excluding steroid dienone is 1. The van der Waals surface area contributed by atoms with Crippen molar-refractivity contribution in [3.05, 3.63) is 40.4 Å². The van der Waals surface area contributed by atoms with E-state index < -0.39 is 0 Å².